The molecule has 0 fully saturated rings. The Morgan fingerprint density at radius 2 is 1.79 bits per heavy atom. The second kappa shape index (κ2) is 5.98. The van der Waals surface area contributed by atoms with Crippen molar-refractivity contribution in [2.45, 2.75) is 0 Å². The molecule has 0 spiro atoms. The van der Waals surface area contributed by atoms with Crippen molar-refractivity contribution in [3.05, 3.63) is 29.8 Å². The van der Waals surface area contributed by atoms with E-state index in [-0.39, 0.29) is 5.56 Å². The third-order valence-corrected chi connectivity index (χ3v) is 1.13. The summed E-state index contributed by atoms with van der Waals surface area (Å²) >= 11 is 0. The summed E-state index contributed by atoms with van der Waals surface area (Å²) in [6, 6.07) is 6.17. The number of nitrogen functional groups attached to an aromatic ring is 1. The minimum absolute atomic E-state index is 0.222. The van der Waals surface area contributed by atoms with Gasteiger partial charge in [0.15, 0.2) is 0 Å². The largest absolute Gasteiger partial charge is 0.631 e. The summed E-state index contributed by atoms with van der Waals surface area (Å²) in [7, 11) is -2.17. The van der Waals surface area contributed by atoms with Crippen molar-refractivity contribution in [3.63, 3.8) is 0 Å². The van der Waals surface area contributed by atoms with Gasteiger partial charge in [-0.3, -0.25) is 0 Å². The van der Waals surface area contributed by atoms with E-state index in [0.717, 1.165) is 0 Å². The van der Waals surface area contributed by atoms with Crippen LogP contribution in [-0.4, -0.2) is 33.5 Å². The van der Waals surface area contributed by atoms with E-state index in [1.165, 1.54) is 12.1 Å². The van der Waals surface area contributed by atoms with E-state index in [2.05, 4.69) is 0 Å². The average Bonchev–Trinajstić information content (AvgIpc) is 2.03. The second-order valence-corrected chi connectivity index (χ2v) is 2.28. The molecule has 0 aliphatic heterocycles. The summed E-state index contributed by atoms with van der Waals surface area (Å²) < 4.78 is 0. The van der Waals surface area contributed by atoms with Crippen LogP contribution in [0.25, 0.3) is 0 Å². The fourth-order valence-electron chi connectivity index (χ4n) is 0.672. The van der Waals surface area contributed by atoms with Gasteiger partial charge in [-0.2, -0.15) is 0 Å². The number of nitrogens with two attached hydrogens (primary N) is 1. The zero-order valence-electron chi connectivity index (χ0n) is 7.16. The van der Waals surface area contributed by atoms with E-state index >= 15 is 0 Å². The first-order valence-electron chi connectivity index (χ1n) is 3.56. The van der Waals surface area contributed by atoms with Crippen molar-refractivity contribution in [2.75, 3.05) is 5.73 Å². The molecule has 1 aromatic rings. The molecule has 0 heterocycles. The molecular formula is C7H10BNO5. The van der Waals surface area contributed by atoms with Crippen LogP contribution in [0.15, 0.2) is 24.3 Å². The second-order valence-electron chi connectivity index (χ2n) is 2.28. The maximum absolute atomic E-state index is 10.3. The van der Waals surface area contributed by atoms with Crippen molar-refractivity contribution in [1.82, 2.24) is 0 Å². The average molecular weight is 199 g/mol. The molecule has 0 aliphatic carbocycles. The van der Waals surface area contributed by atoms with E-state index < -0.39 is 13.3 Å². The van der Waals surface area contributed by atoms with Crippen LogP contribution in [0.2, 0.25) is 0 Å². The van der Waals surface area contributed by atoms with Gasteiger partial charge in [-0.1, -0.05) is 6.07 Å². The van der Waals surface area contributed by atoms with Crippen LogP contribution < -0.4 is 5.73 Å². The van der Waals surface area contributed by atoms with Gasteiger partial charge in [0, 0.05) is 5.69 Å². The standard InChI is InChI=1S/C7H7NO2.BH3O3/c8-6-3-1-2-5(4-6)7(9)10;2-1(3)4/h1-4H,8H2,(H,9,10);2-4H. The number of carbonyl (C=O) groups is 1. The molecule has 1 aromatic carbocycles. The lowest BCUT2D eigenvalue weighted by Crippen LogP contribution is -2.07. The van der Waals surface area contributed by atoms with Crippen molar-refractivity contribution in [1.29, 1.82) is 0 Å². The highest BCUT2D eigenvalue weighted by Gasteiger charge is 1.99. The van der Waals surface area contributed by atoms with Crippen LogP contribution in [0.4, 0.5) is 5.69 Å². The summed E-state index contributed by atoms with van der Waals surface area (Å²) in [5.41, 5.74) is 6.03. The first kappa shape index (κ1) is 12.4. The first-order valence-corrected chi connectivity index (χ1v) is 3.56. The zero-order valence-corrected chi connectivity index (χ0v) is 7.16. The minimum Gasteiger partial charge on any atom is -0.478 e. The predicted molar refractivity (Wildman–Crippen MR) is 50.2 cm³/mol. The smallest absolute Gasteiger partial charge is 0.478 e. The molecule has 76 valence electrons. The highest BCUT2D eigenvalue weighted by molar-refractivity contribution is 6.30. The van der Waals surface area contributed by atoms with Crippen LogP contribution >= 0.6 is 0 Å². The van der Waals surface area contributed by atoms with E-state index in [1.54, 1.807) is 12.1 Å². The molecule has 0 aromatic heterocycles. The monoisotopic (exact) mass is 199 g/mol. The quantitative estimate of drug-likeness (QED) is 0.289. The molecule has 14 heavy (non-hydrogen) atoms. The van der Waals surface area contributed by atoms with E-state index in [4.69, 9.17) is 25.9 Å². The number of benzene rings is 1. The number of hydrogen-bond acceptors (Lipinski definition) is 5. The topological polar surface area (TPSA) is 124 Å². The van der Waals surface area contributed by atoms with Gasteiger partial charge in [0.05, 0.1) is 5.56 Å². The van der Waals surface area contributed by atoms with Gasteiger partial charge in [-0.15, -0.1) is 0 Å². The van der Waals surface area contributed by atoms with Crippen molar-refractivity contribution in [2.24, 2.45) is 0 Å². The lowest BCUT2D eigenvalue weighted by Gasteiger charge is -1.93. The number of anilines is 1. The summed E-state index contributed by atoms with van der Waals surface area (Å²) in [4.78, 5) is 10.3. The molecule has 0 saturated heterocycles. The van der Waals surface area contributed by atoms with Crippen molar-refractivity contribution >= 4 is 19.0 Å². The number of aromatic carboxylic acids is 1. The number of rotatable bonds is 1. The molecule has 0 atom stereocenters. The lowest BCUT2D eigenvalue weighted by atomic mass is 10.2. The maximum atomic E-state index is 10.3. The van der Waals surface area contributed by atoms with Gasteiger partial charge < -0.3 is 25.9 Å². The summed E-state index contributed by atoms with van der Waals surface area (Å²) in [5.74, 6) is -0.952. The van der Waals surface area contributed by atoms with Crippen molar-refractivity contribution in [3.8, 4) is 0 Å². The first-order chi connectivity index (χ1) is 6.43. The Hall–Kier alpha value is -1.57. The number of carboxylic acids is 1. The maximum Gasteiger partial charge on any atom is 0.631 e. The van der Waals surface area contributed by atoms with Crippen molar-refractivity contribution < 1.29 is 25.0 Å². The van der Waals surface area contributed by atoms with Gasteiger partial charge in [0.2, 0.25) is 0 Å². The normalized spacial score (nSPS) is 8.50. The van der Waals surface area contributed by atoms with Gasteiger partial charge in [0.25, 0.3) is 0 Å². The molecule has 7 heteroatoms. The Balaban J connectivity index is 0.000000364. The van der Waals surface area contributed by atoms with Crippen LogP contribution in [0.3, 0.4) is 0 Å². The molecule has 0 bridgehead atoms. The number of hydrogen-bond donors (Lipinski definition) is 5. The molecule has 1 rings (SSSR count). The Morgan fingerprint density at radius 3 is 2.07 bits per heavy atom. The van der Waals surface area contributed by atoms with E-state index in [9.17, 15) is 4.79 Å². The Bertz CT molecular complexity index is 301. The van der Waals surface area contributed by atoms with Crippen LogP contribution in [-0.2, 0) is 0 Å². The molecule has 6 N–H and O–H groups in total. The van der Waals surface area contributed by atoms with Gasteiger partial charge in [-0.25, -0.2) is 4.79 Å². The predicted octanol–water partition coefficient (Wildman–Crippen LogP) is -1.08. The molecule has 0 unspecified atom stereocenters. The van der Waals surface area contributed by atoms with Gasteiger partial charge in [-0.05, 0) is 18.2 Å². The van der Waals surface area contributed by atoms with Gasteiger partial charge >= 0.3 is 13.3 Å². The fourth-order valence-corrected chi connectivity index (χ4v) is 0.672. The molecule has 0 amide bonds. The van der Waals surface area contributed by atoms with Crippen LogP contribution in [0.5, 0.6) is 0 Å². The lowest BCUT2D eigenvalue weighted by molar-refractivity contribution is 0.0697. The summed E-state index contributed by atoms with van der Waals surface area (Å²) in [6.07, 6.45) is 0. The number of carboxylic acid groups (broad SMARTS) is 1. The van der Waals surface area contributed by atoms with Crippen LogP contribution in [0.1, 0.15) is 10.4 Å². The summed E-state index contributed by atoms with van der Waals surface area (Å²) in [6.45, 7) is 0. The minimum atomic E-state index is -2.17. The fraction of sp³-hybridized carbons (Fsp3) is 0. The molecular weight excluding hydrogens is 189 g/mol. The SMILES string of the molecule is Nc1cccc(C(=O)O)c1.OB(O)O. The molecule has 0 radical (unpaired) electrons. The third kappa shape index (κ3) is 6.01. The van der Waals surface area contributed by atoms with Gasteiger partial charge in [0.1, 0.15) is 0 Å². The summed E-state index contributed by atoms with van der Waals surface area (Å²) in [5, 5.41) is 30.0. The Labute approximate surface area is 80.4 Å². The highest BCUT2D eigenvalue weighted by atomic mass is 16.5. The Morgan fingerprint density at radius 1 is 1.29 bits per heavy atom. The third-order valence-electron chi connectivity index (χ3n) is 1.13. The van der Waals surface area contributed by atoms with E-state index in [0.29, 0.717) is 5.69 Å². The van der Waals surface area contributed by atoms with E-state index in [1.807, 2.05) is 0 Å². The zero-order chi connectivity index (χ0) is 11.1. The molecule has 0 saturated carbocycles. The Kier molecular flexibility index (Phi) is 5.31. The highest BCUT2D eigenvalue weighted by Crippen LogP contribution is 2.05. The molecule has 0 aliphatic rings. The van der Waals surface area contributed by atoms with Crippen LogP contribution in [0, 0.1) is 0 Å². The molecule has 6 nitrogen and oxygen atoms in total.